The molecule has 4 N–H and O–H groups in total. The molecular weight excluding hydrogens is 713 g/mol. The molecule has 0 bridgehead atoms. The molecule has 11 heteroatoms. The minimum atomic E-state index is -2.42. The second-order valence-electron chi connectivity index (χ2n) is 16.3. The molecule has 0 spiro atoms. The number of unbranched alkanes of at least 4 members (excludes halogenated alkanes) is 1. The lowest BCUT2D eigenvalue weighted by atomic mass is 9.83. The Bertz CT molecular complexity index is 1290. The first-order chi connectivity index (χ1) is 24.7. The van der Waals surface area contributed by atoms with Gasteiger partial charge in [-0.2, -0.15) is 0 Å². The van der Waals surface area contributed by atoms with Gasteiger partial charge in [0, 0.05) is 24.9 Å². The maximum absolute atomic E-state index is 11.9. The van der Waals surface area contributed by atoms with Crippen LogP contribution in [0.5, 0.6) is 0 Å². The summed E-state index contributed by atoms with van der Waals surface area (Å²) < 4.78 is 25.9. The van der Waals surface area contributed by atoms with Crippen molar-refractivity contribution in [3.63, 3.8) is 0 Å². The zero-order valence-corrected chi connectivity index (χ0v) is 35.1. The number of hydrogen-bond acceptors (Lipinski definition) is 10. The Kier molecular flexibility index (Phi) is 17.1. The Morgan fingerprint density at radius 1 is 0.923 bits per heavy atom. The minimum absolute atomic E-state index is 0.0969. The van der Waals surface area contributed by atoms with Gasteiger partial charge in [-0.1, -0.05) is 95.3 Å². The Morgan fingerprint density at radius 2 is 1.52 bits per heavy atom. The van der Waals surface area contributed by atoms with Gasteiger partial charge in [0.1, 0.15) is 12.2 Å². The molecule has 2 heterocycles. The number of ether oxygens (including phenoxy) is 3. The van der Waals surface area contributed by atoms with Crippen LogP contribution in [-0.2, 0) is 31.9 Å². The van der Waals surface area contributed by atoms with Crippen molar-refractivity contribution in [2.75, 3.05) is 24.7 Å². The van der Waals surface area contributed by atoms with Crippen molar-refractivity contribution in [2.45, 2.75) is 145 Å². The van der Waals surface area contributed by atoms with E-state index in [1.54, 1.807) is 0 Å². The molecule has 2 aromatic rings. The fourth-order valence-corrected chi connectivity index (χ4v) is 11.9. The predicted molar refractivity (Wildman–Crippen MR) is 216 cm³/mol. The van der Waals surface area contributed by atoms with Crippen LogP contribution in [0.4, 0.5) is 0 Å². The molecule has 0 saturated carbocycles. The van der Waals surface area contributed by atoms with E-state index in [0.717, 1.165) is 41.9 Å². The lowest BCUT2D eigenvalue weighted by molar-refractivity contribution is -0.240. The first-order valence-electron chi connectivity index (χ1n) is 19.2. The molecule has 294 valence electrons. The maximum Gasteiger partial charge on any atom is 0.192 e. The third kappa shape index (κ3) is 11.8. The number of rotatable bonds is 19. The smallest absolute Gasteiger partial charge is 0.192 e. The maximum atomic E-state index is 11.9. The highest BCUT2D eigenvalue weighted by Crippen LogP contribution is 2.54. The zero-order valence-electron chi connectivity index (χ0n) is 32.5. The summed E-state index contributed by atoms with van der Waals surface area (Å²) in [6.45, 7) is 16.3. The van der Waals surface area contributed by atoms with Crippen molar-refractivity contribution in [2.24, 2.45) is 11.8 Å². The molecule has 52 heavy (non-hydrogen) atoms. The Balaban J connectivity index is 1.53. The van der Waals surface area contributed by atoms with Crippen LogP contribution >= 0.6 is 23.5 Å². The van der Waals surface area contributed by atoms with E-state index in [1.165, 1.54) is 0 Å². The van der Waals surface area contributed by atoms with Crippen molar-refractivity contribution >= 4 is 31.8 Å². The average molecular weight is 779 g/mol. The highest BCUT2D eigenvalue weighted by Gasteiger charge is 2.57. The van der Waals surface area contributed by atoms with E-state index in [2.05, 4.69) is 52.9 Å². The summed E-state index contributed by atoms with van der Waals surface area (Å²) in [5.74, 6) is 1.20. The molecular formula is C41H66O8S2Si. The largest absolute Gasteiger partial charge is 0.409 e. The van der Waals surface area contributed by atoms with E-state index < -0.39 is 55.1 Å². The van der Waals surface area contributed by atoms with E-state index >= 15 is 0 Å². The molecule has 2 aliphatic rings. The molecule has 9 atom stereocenters. The second-order valence-corrected chi connectivity index (χ2v) is 24.2. The molecule has 2 aliphatic heterocycles. The van der Waals surface area contributed by atoms with Crippen LogP contribution in [-0.4, -0.2) is 100 Å². The lowest BCUT2D eigenvalue weighted by Crippen LogP contribution is -2.65. The van der Waals surface area contributed by atoms with Crippen LogP contribution in [0, 0.1) is 11.8 Å². The van der Waals surface area contributed by atoms with Crippen LogP contribution in [0.3, 0.4) is 0 Å². The number of aliphatic hydroxyl groups is 4. The second kappa shape index (κ2) is 20.3. The van der Waals surface area contributed by atoms with Crippen LogP contribution in [0.15, 0.2) is 60.7 Å². The molecule has 0 aromatic heterocycles. The van der Waals surface area contributed by atoms with Gasteiger partial charge in [-0.25, -0.2) is 0 Å². The van der Waals surface area contributed by atoms with Crippen LogP contribution in [0.2, 0.25) is 18.1 Å². The summed E-state index contributed by atoms with van der Waals surface area (Å²) >= 11 is 3.65. The topological polar surface area (TPSA) is 118 Å². The minimum Gasteiger partial charge on any atom is -0.409 e. The van der Waals surface area contributed by atoms with Gasteiger partial charge in [-0.15, -0.1) is 23.5 Å². The van der Waals surface area contributed by atoms with Crippen molar-refractivity contribution < 1.29 is 39.1 Å². The van der Waals surface area contributed by atoms with Crippen LogP contribution < -0.4 is 0 Å². The molecule has 0 unspecified atom stereocenters. The lowest BCUT2D eigenvalue weighted by Gasteiger charge is -2.54. The van der Waals surface area contributed by atoms with Crippen LogP contribution in [0.1, 0.15) is 77.8 Å². The third-order valence-corrected chi connectivity index (χ3v) is 19.3. The number of benzene rings is 2. The Labute approximate surface area is 322 Å². The van der Waals surface area contributed by atoms with Gasteiger partial charge in [-0.3, -0.25) is 0 Å². The zero-order chi connectivity index (χ0) is 37.9. The fourth-order valence-electron chi connectivity index (χ4n) is 6.84. The highest BCUT2D eigenvalue weighted by atomic mass is 32.2. The standard InChI is InChI=1S/C41H66O8S2Si/c1-29(33(43)21-14-15-22-46-27-31-17-10-8-11-18-31)34(44)25-41(50-23-16-24-51-41)39(49-52(6,7)40(3,4)5)38-30(2)37(36(45)35(26-42)48-38)47-28-32-19-12-9-13-20-32/h8-13,17-20,29-30,33-39,42-45H,14-16,21-28H2,1-7H3/t29-,30+,33+,34-,35+,36+,37+,38+,39-/m0/s1. The van der Waals surface area contributed by atoms with E-state index in [4.69, 9.17) is 18.6 Å². The molecule has 0 radical (unpaired) electrons. The van der Waals surface area contributed by atoms with E-state index in [0.29, 0.717) is 32.7 Å². The van der Waals surface area contributed by atoms with Gasteiger partial charge >= 0.3 is 0 Å². The summed E-state index contributed by atoms with van der Waals surface area (Å²) in [5.41, 5.74) is 2.15. The summed E-state index contributed by atoms with van der Waals surface area (Å²) in [7, 11) is -2.42. The van der Waals surface area contributed by atoms with E-state index in [9.17, 15) is 20.4 Å². The first kappa shape index (κ1) is 43.8. The van der Waals surface area contributed by atoms with Crippen molar-refractivity contribution in [1.82, 2.24) is 0 Å². The average Bonchev–Trinajstić information content (AvgIpc) is 3.12. The molecule has 2 fully saturated rings. The first-order valence-corrected chi connectivity index (χ1v) is 24.1. The number of hydrogen-bond donors (Lipinski definition) is 4. The van der Waals surface area contributed by atoms with Crippen molar-refractivity contribution in [3.8, 4) is 0 Å². The molecule has 0 aliphatic carbocycles. The summed E-state index contributed by atoms with van der Waals surface area (Å²) in [5, 5.41) is 45.1. The SMILES string of the molecule is C[C@@H]1[C@@H](OCc2ccccc2)[C@H](O)[C@@H](CO)O[C@H]1[C@H](O[Si](C)(C)C(C)(C)C)C1(C[C@H](O)[C@@H](C)[C@H](O)CCCCOCc2ccccc2)SCCCS1. The van der Waals surface area contributed by atoms with Gasteiger partial charge in [-0.05, 0) is 66.4 Å². The van der Waals surface area contributed by atoms with Gasteiger partial charge < -0.3 is 39.1 Å². The number of thioether (sulfide) groups is 2. The summed E-state index contributed by atoms with van der Waals surface area (Å²) in [6, 6.07) is 20.0. The monoisotopic (exact) mass is 778 g/mol. The van der Waals surface area contributed by atoms with Gasteiger partial charge in [0.25, 0.3) is 0 Å². The summed E-state index contributed by atoms with van der Waals surface area (Å²) in [6.07, 6.45) is -1.18. The van der Waals surface area contributed by atoms with E-state index in [1.807, 2.05) is 79.0 Å². The van der Waals surface area contributed by atoms with Crippen molar-refractivity contribution in [1.29, 1.82) is 0 Å². The molecule has 2 saturated heterocycles. The van der Waals surface area contributed by atoms with Gasteiger partial charge in [0.05, 0.1) is 54.4 Å². The Morgan fingerprint density at radius 3 is 2.10 bits per heavy atom. The third-order valence-electron chi connectivity index (χ3n) is 11.3. The predicted octanol–water partition coefficient (Wildman–Crippen LogP) is 7.42. The molecule has 4 rings (SSSR count). The molecule has 2 aromatic carbocycles. The van der Waals surface area contributed by atoms with Gasteiger partial charge in [0.2, 0.25) is 0 Å². The van der Waals surface area contributed by atoms with Gasteiger partial charge in [0.15, 0.2) is 8.32 Å². The van der Waals surface area contributed by atoms with E-state index in [-0.39, 0.29) is 23.5 Å². The normalized spacial score (nSPS) is 26.4. The molecule has 0 amide bonds. The summed E-state index contributed by atoms with van der Waals surface area (Å²) in [4.78, 5) is 0. The van der Waals surface area contributed by atoms with Crippen LogP contribution in [0.25, 0.3) is 0 Å². The Hall–Kier alpha value is -0.963. The number of aliphatic hydroxyl groups excluding tert-OH is 4. The molecule has 8 nitrogen and oxygen atoms in total. The fraction of sp³-hybridized carbons (Fsp3) is 0.707. The quantitative estimate of drug-likeness (QED) is 0.0848. The highest BCUT2D eigenvalue weighted by molar-refractivity contribution is 8.18. The van der Waals surface area contributed by atoms with Crippen molar-refractivity contribution in [3.05, 3.63) is 71.8 Å².